The summed E-state index contributed by atoms with van der Waals surface area (Å²) in [5.74, 6) is -0.743. The van der Waals surface area contributed by atoms with Crippen LogP contribution in [0.15, 0.2) is 28.8 Å². The standard InChI is InChI=1S/C15H17NO5/c1-9(2)10-6-12(14(17)18)16(7-10)8-11-4-5-13(21-11)15(19)20-3/h4-7,9H,8H2,1-3H3,(H,17,18). The first-order chi connectivity index (χ1) is 9.92. The average Bonchev–Trinajstić information content (AvgIpc) is 3.05. The van der Waals surface area contributed by atoms with E-state index in [1.165, 1.54) is 13.2 Å². The molecule has 0 aliphatic rings. The molecule has 6 heteroatoms. The number of nitrogens with zero attached hydrogens (tertiary/aromatic N) is 1. The van der Waals surface area contributed by atoms with Crippen LogP contribution in [0.25, 0.3) is 0 Å². The SMILES string of the molecule is COC(=O)c1ccc(Cn2cc(C(C)C)cc2C(=O)O)o1. The Kier molecular flexibility index (Phi) is 4.16. The summed E-state index contributed by atoms with van der Waals surface area (Å²) >= 11 is 0. The van der Waals surface area contributed by atoms with Gasteiger partial charge in [-0.15, -0.1) is 0 Å². The molecule has 0 saturated carbocycles. The number of carbonyl (C=O) groups is 2. The van der Waals surface area contributed by atoms with Crippen molar-refractivity contribution in [2.45, 2.75) is 26.3 Å². The molecule has 112 valence electrons. The van der Waals surface area contributed by atoms with Crippen molar-refractivity contribution in [2.24, 2.45) is 0 Å². The maximum atomic E-state index is 11.3. The second-order valence-corrected chi connectivity index (χ2v) is 5.00. The highest BCUT2D eigenvalue weighted by Gasteiger charge is 2.17. The molecule has 6 nitrogen and oxygen atoms in total. The first kappa shape index (κ1) is 14.9. The van der Waals surface area contributed by atoms with Crippen LogP contribution in [0.5, 0.6) is 0 Å². The Bertz CT molecular complexity index is 665. The maximum absolute atomic E-state index is 11.3. The van der Waals surface area contributed by atoms with Gasteiger partial charge in [-0.1, -0.05) is 13.8 Å². The van der Waals surface area contributed by atoms with Gasteiger partial charge in [0.05, 0.1) is 13.7 Å². The van der Waals surface area contributed by atoms with Crippen LogP contribution in [0, 0.1) is 0 Å². The highest BCUT2D eigenvalue weighted by molar-refractivity contribution is 5.86. The molecular weight excluding hydrogens is 274 g/mol. The summed E-state index contributed by atoms with van der Waals surface area (Å²) in [5.41, 5.74) is 1.13. The third-order valence-electron chi connectivity index (χ3n) is 3.18. The molecule has 0 atom stereocenters. The molecule has 0 aromatic carbocycles. The number of methoxy groups -OCH3 is 1. The molecule has 0 spiro atoms. The zero-order valence-corrected chi connectivity index (χ0v) is 12.1. The molecular formula is C15H17NO5. The predicted octanol–water partition coefficient (Wildman–Crippen LogP) is 2.74. The number of carbonyl (C=O) groups excluding carboxylic acids is 1. The molecule has 0 bridgehead atoms. The highest BCUT2D eigenvalue weighted by atomic mass is 16.5. The van der Waals surface area contributed by atoms with E-state index in [1.807, 2.05) is 13.8 Å². The molecule has 0 radical (unpaired) electrons. The molecule has 0 amide bonds. The summed E-state index contributed by atoms with van der Waals surface area (Å²) in [7, 11) is 1.27. The second-order valence-electron chi connectivity index (χ2n) is 5.00. The molecule has 0 aliphatic heterocycles. The van der Waals surface area contributed by atoms with Crippen LogP contribution in [-0.4, -0.2) is 28.7 Å². The number of ether oxygens (including phenoxy) is 1. The van der Waals surface area contributed by atoms with Gasteiger partial charge in [0.15, 0.2) is 0 Å². The number of hydrogen-bond acceptors (Lipinski definition) is 4. The van der Waals surface area contributed by atoms with Crippen LogP contribution in [0.3, 0.4) is 0 Å². The Labute approximate surface area is 121 Å². The van der Waals surface area contributed by atoms with E-state index in [0.29, 0.717) is 5.76 Å². The first-order valence-corrected chi connectivity index (χ1v) is 6.52. The number of aromatic carboxylic acids is 1. The predicted molar refractivity (Wildman–Crippen MR) is 74.6 cm³/mol. The lowest BCUT2D eigenvalue weighted by atomic mass is 10.1. The summed E-state index contributed by atoms with van der Waals surface area (Å²) in [6, 6.07) is 4.79. The van der Waals surface area contributed by atoms with Gasteiger partial charge < -0.3 is 18.8 Å². The first-order valence-electron chi connectivity index (χ1n) is 6.52. The van der Waals surface area contributed by atoms with Gasteiger partial charge in [-0.2, -0.15) is 0 Å². The van der Waals surface area contributed by atoms with Crippen LogP contribution < -0.4 is 0 Å². The van der Waals surface area contributed by atoms with Gasteiger partial charge in [-0.3, -0.25) is 0 Å². The van der Waals surface area contributed by atoms with Gasteiger partial charge in [-0.05, 0) is 29.7 Å². The van der Waals surface area contributed by atoms with Crippen molar-refractivity contribution in [1.29, 1.82) is 0 Å². The Morgan fingerprint density at radius 2 is 2.10 bits per heavy atom. The molecule has 0 aliphatic carbocycles. The van der Waals surface area contributed by atoms with E-state index in [-0.39, 0.29) is 23.9 Å². The topological polar surface area (TPSA) is 81.7 Å². The Balaban J connectivity index is 2.28. The van der Waals surface area contributed by atoms with E-state index in [1.54, 1.807) is 22.9 Å². The highest BCUT2D eigenvalue weighted by Crippen LogP contribution is 2.20. The average molecular weight is 291 g/mol. The zero-order chi connectivity index (χ0) is 15.6. The van der Waals surface area contributed by atoms with Crippen LogP contribution in [0.2, 0.25) is 0 Å². The monoisotopic (exact) mass is 291 g/mol. The van der Waals surface area contributed by atoms with E-state index in [4.69, 9.17) is 4.42 Å². The fraction of sp³-hybridized carbons (Fsp3) is 0.333. The van der Waals surface area contributed by atoms with E-state index in [9.17, 15) is 14.7 Å². The second kappa shape index (κ2) is 5.87. The minimum atomic E-state index is -0.998. The molecule has 1 N–H and O–H groups in total. The number of furan rings is 1. The van der Waals surface area contributed by atoms with Gasteiger partial charge in [0.1, 0.15) is 11.5 Å². The van der Waals surface area contributed by atoms with Crippen molar-refractivity contribution in [3.63, 3.8) is 0 Å². The molecule has 2 aromatic heterocycles. The van der Waals surface area contributed by atoms with E-state index < -0.39 is 11.9 Å². The quantitative estimate of drug-likeness (QED) is 0.856. The molecule has 0 fully saturated rings. The third-order valence-corrected chi connectivity index (χ3v) is 3.18. The van der Waals surface area contributed by atoms with Gasteiger partial charge in [0, 0.05) is 6.20 Å². The molecule has 0 saturated heterocycles. The number of rotatable bonds is 5. The van der Waals surface area contributed by atoms with Crippen molar-refractivity contribution in [2.75, 3.05) is 7.11 Å². The lowest BCUT2D eigenvalue weighted by Crippen LogP contribution is -2.08. The van der Waals surface area contributed by atoms with Crippen molar-refractivity contribution in [1.82, 2.24) is 4.57 Å². The van der Waals surface area contributed by atoms with Crippen molar-refractivity contribution in [3.8, 4) is 0 Å². The van der Waals surface area contributed by atoms with Crippen molar-refractivity contribution in [3.05, 3.63) is 47.2 Å². The fourth-order valence-electron chi connectivity index (χ4n) is 2.00. The largest absolute Gasteiger partial charge is 0.477 e. The van der Waals surface area contributed by atoms with E-state index in [2.05, 4.69) is 4.74 Å². The van der Waals surface area contributed by atoms with Gasteiger partial charge >= 0.3 is 11.9 Å². The lowest BCUT2D eigenvalue weighted by molar-refractivity contribution is 0.0561. The zero-order valence-electron chi connectivity index (χ0n) is 12.1. The smallest absolute Gasteiger partial charge is 0.373 e. The minimum Gasteiger partial charge on any atom is -0.477 e. The number of carboxylic acid groups (broad SMARTS) is 1. The normalized spacial score (nSPS) is 10.9. The Hall–Kier alpha value is -2.50. The summed E-state index contributed by atoms with van der Waals surface area (Å²) in [4.78, 5) is 22.6. The Morgan fingerprint density at radius 3 is 2.67 bits per heavy atom. The van der Waals surface area contributed by atoms with Crippen LogP contribution in [-0.2, 0) is 11.3 Å². The summed E-state index contributed by atoms with van der Waals surface area (Å²) in [5, 5.41) is 9.24. The number of hydrogen-bond donors (Lipinski definition) is 1. The Morgan fingerprint density at radius 1 is 1.38 bits per heavy atom. The fourth-order valence-corrected chi connectivity index (χ4v) is 2.00. The molecule has 2 aromatic rings. The van der Waals surface area contributed by atoms with Crippen molar-refractivity contribution < 1.29 is 23.8 Å². The summed E-state index contributed by atoms with van der Waals surface area (Å²) < 4.78 is 11.5. The summed E-state index contributed by atoms with van der Waals surface area (Å²) in [6.07, 6.45) is 1.79. The number of carboxylic acids is 1. The maximum Gasteiger partial charge on any atom is 0.373 e. The molecule has 2 heterocycles. The van der Waals surface area contributed by atoms with Gasteiger partial charge in [0.25, 0.3) is 0 Å². The van der Waals surface area contributed by atoms with Gasteiger partial charge in [-0.25, -0.2) is 9.59 Å². The molecule has 2 rings (SSSR count). The minimum absolute atomic E-state index is 0.0978. The molecule has 0 unspecified atom stereocenters. The van der Waals surface area contributed by atoms with E-state index in [0.717, 1.165) is 5.56 Å². The summed E-state index contributed by atoms with van der Waals surface area (Å²) in [6.45, 7) is 4.23. The van der Waals surface area contributed by atoms with Crippen LogP contribution >= 0.6 is 0 Å². The third kappa shape index (κ3) is 3.16. The number of aromatic nitrogens is 1. The van der Waals surface area contributed by atoms with Gasteiger partial charge in [0.2, 0.25) is 5.76 Å². The number of esters is 1. The van der Waals surface area contributed by atoms with E-state index >= 15 is 0 Å². The lowest BCUT2D eigenvalue weighted by Gasteiger charge is -2.04. The van der Waals surface area contributed by atoms with Crippen LogP contribution in [0.1, 0.15) is 52.1 Å². The van der Waals surface area contributed by atoms with Crippen LogP contribution in [0.4, 0.5) is 0 Å². The molecule has 21 heavy (non-hydrogen) atoms. The van der Waals surface area contributed by atoms with Crippen molar-refractivity contribution >= 4 is 11.9 Å².